The second-order valence-corrected chi connectivity index (χ2v) is 8.66. The molecule has 7 heteroatoms. The lowest BCUT2D eigenvalue weighted by molar-refractivity contribution is -0.131. The van der Waals surface area contributed by atoms with Gasteiger partial charge in [-0.3, -0.25) is 9.59 Å². The number of para-hydroxylation sites is 2. The number of carbonyl (C=O) groups excluding carboxylic acids is 2. The Labute approximate surface area is 197 Å². The second-order valence-electron chi connectivity index (χ2n) is 8.66. The zero-order chi connectivity index (χ0) is 23.7. The van der Waals surface area contributed by atoms with Crippen molar-refractivity contribution >= 4 is 28.5 Å². The number of rotatable bonds is 6. The number of nitrogens with zero attached hydrogens (tertiary/aromatic N) is 4. The number of fused-ring (bicyclic) bond motifs is 1. The van der Waals surface area contributed by atoms with Gasteiger partial charge in [0.1, 0.15) is 18.2 Å². The molecular weight excluding hydrogens is 431 g/mol. The Hall–Kier alpha value is -4.00. The van der Waals surface area contributed by atoms with Gasteiger partial charge in [-0.1, -0.05) is 42.5 Å². The molecule has 1 aliphatic rings. The summed E-state index contributed by atoms with van der Waals surface area (Å²) < 4.78 is 15.3. The molecule has 6 nitrogen and oxygen atoms in total. The summed E-state index contributed by atoms with van der Waals surface area (Å²) in [7, 11) is 1.80. The summed E-state index contributed by atoms with van der Waals surface area (Å²) in [4.78, 5) is 34.2. The van der Waals surface area contributed by atoms with Gasteiger partial charge in [0.2, 0.25) is 11.8 Å². The molecule has 1 unspecified atom stereocenters. The van der Waals surface area contributed by atoms with Crippen LogP contribution in [-0.4, -0.2) is 39.9 Å². The lowest BCUT2D eigenvalue weighted by atomic mass is 10.1. The maximum Gasteiger partial charge on any atom is 0.242 e. The molecule has 172 valence electrons. The second kappa shape index (κ2) is 9.09. The van der Waals surface area contributed by atoms with Gasteiger partial charge in [-0.2, -0.15) is 0 Å². The average molecular weight is 457 g/mol. The maximum atomic E-state index is 13.4. The van der Waals surface area contributed by atoms with Crippen LogP contribution in [0.2, 0.25) is 0 Å². The van der Waals surface area contributed by atoms with E-state index >= 15 is 0 Å². The number of amides is 2. The molecule has 0 N–H and O–H groups in total. The molecule has 0 radical (unpaired) electrons. The van der Waals surface area contributed by atoms with E-state index in [1.807, 2.05) is 59.2 Å². The van der Waals surface area contributed by atoms with Gasteiger partial charge in [0.15, 0.2) is 0 Å². The smallest absolute Gasteiger partial charge is 0.242 e. The number of likely N-dealkylation sites (N-methyl/N-ethyl adjacent to an activating group) is 1. The molecule has 0 saturated carbocycles. The first-order valence-electron chi connectivity index (χ1n) is 11.3. The highest BCUT2D eigenvalue weighted by Gasteiger charge is 2.35. The van der Waals surface area contributed by atoms with E-state index in [-0.39, 0.29) is 36.5 Å². The van der Waals surface area contributed by atoms with E-state index in [9.17, 15) is 14.0 Å². The number of aromatic nitrogens is 2. The molecule has 0 aliphatic carbocycles. The Bertz CT molecular complexity index is 1330. The molecule has 2 heterocycles. The predicted octanol–water partition coefficient (Wildman–Crippen LogP) is 4.35. The molecule has 0 bridgehead atoms. The summed E-state index contributed by atoms with van der Waals surface area (Å²) in [6.07, 6.45) is 0.286. The number of halogens is 1. The number of benzene rings is 3. The lowest BCUT2D eigenvalue weighted by Gasteiger charge is -2.20. The van der Waals surface area contributed by atoms with Crippen molar-refractivity contribution in [1.29, 1.82) is 0 Å². The fraction of sp³-hybridized carbons (Fsp3) is 0.222. The standard InChI is InChI=1S/C27H25FN4O2/c1-30(16-19-7-3-2-4-8-19)26(34)18-32-24-10-6-5-9-23(24)29-27(32)20-15-25(33)31(17-20)22-13-11-21(28)12-14-22/h2-14,20H,15-18H2,1H3. The third-order valence-electron chi connectivity index (χ3n) is 6.29. The lowest BCUT2D eigenvalue weighted by Crippen LogP contribution is -2.30. The largest absolute Gasteiger partial charge is 0.340 e. The minimum absolute atomic E-state index is 0.0343. The quantitative estimate of drug-likeness (QED) is 0.433. The fourth-order valence-electron chi connectivity index (χ4n) is 4.52. The van der Waals surface area contributed by atoms with Crippen LogP contribution in [0.3, 0.4) is 0 Å². The monoisotopic (exact) mass is 456 g/mol. The van der Waals surface area contributed by atoms with Crippen LogP contribution in [0.4, 0.5) is 10.1 Å². The highest BCUT2D eigenvalue weighted by molar-refractivity contribution is 5.96. The summed E-state index contributed by atoms with van der Waals surface area (Å²) in [5, 5.41) is 0. The SMILES string of the molecule is CN(Cc1ccccc1)C(=O)Cn1c(C2CC(=O)N(c3ccc(F)cc3)C2)nc2ccccc21. The summed E-state index contributed by atoms with van der Waals surface area (Å²) >= 11 is 0. The summed E-state index contributed by atoms with van der Waals surface area (Å²) in [6, 6.07) is 23.5. The van der Waals surface area contributed by atoms with Crippen LogP contribution < -0.4 is 4.90 Å². The highest BCUT2D eigenvalue weighted by atomic mass is 19.1. The molecule has 1 aromatic heterocycles. The predicted molar refractivity (Wildman–Crippen MR) is 129 cm³/mol. The van der Waals surface area contributed by atoms with Crippen LogP contribution in [0.5, 0.6) is 0 Å². The van der Waals surface area contributed by atoms with Crippen LogP contribution in [0, 0.1) is 5.82 Å². The first-order valence-corrected chi connectivity index (χ1v) is 11.3. The van der Waals surface area contributed by atoms with Crippen LogP contribution in [-0.2, 0) is 22.7 Å². The van der Waals surface area contributed by atoms with E-state index in [1.165, 1.54) is 12.1 Å². The van der Waals surface area contributed by atoms with Crippen molar-refractivity contribution in [2.24, 2.45) is 0 Å². The van der Waals surface area contributed by atoms with Crippen molar-refractivity contribution < 1.29 is 14.0 Å². The first kappa shape index (κ1) is 21.8. The molecule has 1 fully saturated rings. The van der Waals surface area contributed by atoms with Crippen LogP contribution in [0.25, 0.3) is 11.0 Å². The van der Waals surface area contributed by atoms with Crippen LogP contribution in [0.15, 0.2) is 78.9 Å². The number of hydrogen-bond donors (Lipinski definition) is 0. The average Bonchev–Trinajstić information content (AvgIpc) is 3.41. The van der Waals surface area contributed by atoms with E-state index < -0.39 is 0 Å². The molecule has 5 rings (SSSR count). The zero-order valence-corrected chi connectivity index (χ0v) is 18.9. The van der Waals surface area contributed by atoms with Gasteiger partial charge in [-0.25, -0.2) is 9.37 Å². The van der Waals surface area contributed by atoms with E-state index in [4.69, 9.17) is 4.98 Å². The van der Waals surface area contributed by atoms with Crippen molar-refractivity contribution in [3.05, 3.63) is 96.1 Å². The molecule has 1 aliphatic heterocycles. The molecule has 3 aromatic carbocycles. The van der Waals surface area contributed by atoms with Crippen molar-refractivity contribution in [2.45, 2.75) is 25.4 Å². The summed E-state index contributed by atoms with van der Waals surface area (Å²) in [5.41, 5.74) is 3.39. The van der Waals surface area contributed by atoms with Gasteiger partial charge in [0.05, 0.1) is 11.0 Å². The van der Waals surface area contributed by atoms with E-state index in [0.717, 1.165) is 22.4 Å². The van der Waals surface area contributed by atoms with Gasteiger partial charge in [0, 0.05) is 38.2 Å². The van der Waals surface area contributed by atoms with Gasteiger partial charge < -0.3 is 14.4 Å². The zero-order valence-electron chi connectivity index (χ0n) is 18.9. The molecule has 2 amide bonds. The van der Waals surface area contributed by atoms with Crippen molar-refractivity contribution in [3.8, 4) is 0 Å². The van der Waals surface area contributed by atoms with Gasteiger partial charge in [0.25, 0.3) is 0 Å². The highest BCUT2D eigenvalue weighted by Crippen LogP contribution is 2.33. The minimum atomic E-state index is -0.341. The van der Waals surface area contributed by atoms with E-state index in [1.54, 1.807) is 29.0 Å². The van der Waals surface area contributed by atoms with Crippen molar-refractivity contribution in [3.63, 3.8) is 0 Å². The normalized spacial score (nSPS) is 15.8. The maximum absolute atomic E-state index is 13.4. The molecule has 4 aromatic rings. The van der Waals surface area contributed by atoms with Crippen molar-refractivity contribution in [1.82, 2.24) is 14.5 Å². The Morgan fingerprint density at radius 1 is 1.03 bits per heavy atom. The van der Waals surface area contributed by atoms with E-state index in [2.05, 4.69) is 0 Å². The third kappa shape index (κ3) is 4.29. The molecule has 1 saturated heterocycles. The Balaban J connectivity index is 1.42. The van der Waals surface area contributed by atoms with E-state index in [0.29, 0.717) is 18.8 Å². The van der Waals surface area contributed by atoms with Gasteiger partial charge in [-0.05, 0) is 42.0 Å². The number of anilines is 1. The van der Waals surface area contributed by atoms with Crippen molar-refractivity contribution in [2.75, 3.05) is 18.5 Å². The molecule has 0 spiro atoms. The topological polar surface area (TPSA) is 58.4 Å². The molecule has 1 atom stereocenters. The molecule has 34 heavy (non-hydrogen) atoms. The number of hydrogen-bond acceptors (Lipinski definition) is 3. The summed E-state index contributed by atoms with van der Waals surface area (Å²) in [6.45, 7) is 1.09. The van der Waals surface area contributed by atoms with Gasteiger partial charge in [-0.15, -0.1) is 0 Å². The number of carbonyl (C=O) groups is 2. The minimum Gasteiger partial charge on any atom is -0.340 e. The fourth-order valence-corrected chi connectivity index (χ4v) is 4.52. The Kier molecular flexibility index (Phi) is 5.84. The first-order chi connectivity index (χ1) is 16.5. The Morgan fingerprint density at radius 2 is 1.74 bits per heavy atom. The summed E-state index contributed by atoms with van der Waals surface area (Å²) in [5.74, 6) is 0.139. The Morgan fingerprint density at radius 3 is 2.50 bits per heavy atom. The van der Waals surface area contributed by atoms with Crippen LogP contribution in [0.1, 0.15) is 23.7 Å². The number of imidazole rings is 1. The van der Waals surface area contributed by atoms with Gasteiger partial charge >= 0.3 is 0 Å². The van der Waals surface area contributed by atoms with Crippen LogP contribution >= 0.6 is 0 Å². The molecular formula is C27H25FN4O2. The third-order valence-corrected chi connectivity index (χ3v) is 6.29.